The SMILES string of the molecule is CCN1CCC(N(C)c2cc(Br)nc(C)n2)CC1. The first kappa shape index (κ1) is 13.7. The molecule has 0 saturated carbocycles. The smallest absolute Gasteiger partial charge is 0.133 e. The Hall–Kier alpha value is -0.680. The Morgan fingerprint density at radius 2 is 2.06 bits per heavy atom. The zero-order valence-electron chi connectivity index (χ0n) is 11.4. The Bertz CT molecular complexity index is 382. The number of piperidine rings is 1. The van der Waals surface area contributed by atoms with Gasteiger partial charge in [-0.3, -0.25) is 0 Å². The Balaban J connectivity index is 2.05. The molecule has 0 N–H and O–H groups in total. The highest BCUT2D eigenvalue weighted by Gasteiger charge is 2.22. The summed E-state index contributed by atoms with van der Waals surface area (Å²) in [5.41, 5.74) is 0. The summed E-state index contributed by atoms with van der Waals surface area (Å²) in [6.45, 7) is 7.71. The highest BCUT2D eigenvalue weighted by atomic mass is 79.9. The van der Waals surface area contributed by atoms with Gasteiger partial charge in [-0.25, -0.2) is 9.97 Å². The van der Waals surface area contributed by atoms with Crippen molar-refractivity contribution >= 4 is 21.7 Å². The molecule has 0 bridgehead atoms. The summed E-state index contributed by atoms with van der Waals surface area (Å²) in [5.74, 6) is 1.83. The van der Waals surface area contributed by atoms with Crippen molar-refractivity contribution in [2.24, 2.45) is 0 Å². The Morgan fingerprint density at radius 1 is 1.39 bits per heavy atom. The number of aromatic nitrogens is 2. The maximum absolute atomic E-state index is 4.52. The van der Waals surface area contributed by atoms with E-state index in [1.165, 1.54) is 25.9 Å². The van der Waals surface area contributed by atoms with E-state index in [-0.39, 0.29) is 0 Å². The van der Waals surface area contributed by atoms with E-state index in [9.17, 15) is 0 Å². The van der Waals surface area contributed by atoms with Gasteiger partial charge in [-0.05, 0) is 42.2 Å². The van der Waals surface area contributed by atoms with Crippen LogP contribution in [0, 0.1) is 6.92 Å². The number of nitrogens with zero attached hydrogens (tertiary/aromatic N) is 4. The monoisotopic (exact) mass is 312 g/mol. The van der Waals surface area contributed by atoms with Crippen LogP contribution in [0.4, 0.5) is 5.82 Å². The molecular weight excluding hydrogens is 292 g/mol. The third-order valence-corrected chi connectivity index (χ3v) is 4.11. The fraction of sp³-hybridized carbons (Fsp3) is 0.692. The standard InChI is InChI=1S/C13H21BrN4/c1-4-18-7-5-11(6-8-18)17(3)13-9-12(14)15-10(2)16-13/h9,11H,4-8H2,1-3H3. The van der Waals surface area contributed by atoms with Crippen LogP contribution in [0.25, 0.3) is 0 Å². The molecule has 0 unspecified atom stereocenters. The molecule has 0 radical (unpaired) electrons. The summed E-state index contributed by atoms with van der Waals surface area (Å²) in [4.78, 5) is 13.6. The van der Waals surface area contributed by atoms with Gasteiger partial charge in [-0.2, -0.15) is 0 Å². The van der Waals surface area contributed by atoms with Crippen molar-refractivity contribution in [1.29, 1.82) is 0 Å². The number of hydrogen-bond acceptors (Lipinski definition) is 4. The molecule has 1 aliphatic rings. The highest BCUT2D eigenvalue weighted by Crippen LogP contribution is 2.22. The molecule has 1 aromatic heterocycles. The number of likely N-dealkylation sites (tertiary alicyclic amines) is 1. The molecule has 0 aromatic carbocycles. The van der Waals surface area contributed by atoms with Gasteiger partial charge < -0.3 is 9.80 Å². The summed E-state index contributed by atoms with van der Waals surface area (Å²) in [7, 11) is 2.14. The molecule has 5 heteroatoms. The number of anilines is 1. The molecule has 1 fully saturated rings. The minimum atomic E-state index is 0.592. The van der Waals surface area contributed by atoms with E-state index >= 15 is 0 Å². The van der Waals surface area contributed by atoms with Crippen LogP contribution in [0.15, 0.2) is 10.7 Å². The van der Waals surface area contributed by atoms with Crippen molar-refractivity contribution in [2.45, 2.75) is 32.7 Å². The summed E-state index contributed by atoms with van der Waals surface area (Å²) < 4.78 is 0.864. The average molecular weight is 313 g/mol. The number of rotatable bonds is 3. The van der Waals surface area contributed by atoms with Crippen LogP contribution in [0.2, 0.25) is 0 Å². The zero-order chi connectivity index (χ0) is 13.1. The van der Waals surface area contributed by atoms with Gasteiger partial charge in [-0.15, -0.1) is 0 Å². The van der Waals surface area contributed by atoms with Crippen LogP contribution >= 0.6 is 15.9 Å². The first-order valence-electron chi connectivity index (χ1n) is 6.56. The second-order valence-electron chi connectivity index (χ2n) is 4.87. The Labute approximate surface area is 118 Å². The number of halogens is 1. The Morgan fingerprint density at radius 3 is 2.61 bits per heavy atom. The van der Waals surface area contributed by atoms with Crippen molar-refractivity contribution in [3.05, 3.63) is 16.5 Å². The van der Waals surface area contributed by atoms with Gasteiger partial charge in [0.25, 0.3) is 0 Å². The molecule has 100 valence electrons. The molecule has 2 rings (SSSR count). The topological polar surface area (TPSA) is 32.3 Å². The molecule has 1 aromatic rings. The normalized spacial score (nSPS) is 18.0. The lowest BCUT2D eigenvalue weighted by atomic mass is 10.0. The van der Waals surface area contributed by atoms with Gasteiger partial charge in [0.2, 0.25) is 0 Å². The van der Waals surface area contributed by atoms with E-state index in [0.29, 0.717) is 6.04 Å². The second-order valence-corrected chi connectivity index (χ2v) is 5.68. The molecule has 2 heterocycles. The molecule has 0 atom stereocenters. The maximum atomic E-state index is 4.52. The van der Waals surface area contributed by atoms with Gasteiger partial charge in [0.1, 0.15) is 16.2 Å². The van der Waals surface area contributed by atoms with Crippen molar-refractivity contribution in [3.63, 3.8) is 0 Å². The third-order valence-electron chi connectivity index (χ3n) is 3.71. The minimum Gasteiger partial charge on any atom is -0.356 e. The fourth-order valence-electron chi connectivity index (χ4n) is 2.51. The largest absolute Gasteiger partial charge is 0.356 e. The van der Waals surface area contributed by atoms with Crippen LogP contribution in [-0.4, -0.2) is 47.6 Å². The van der Waals surface area contributed by atoms with E-state index in [2.05, 4.69) is 49.7 Å². The van der Waals surface area contributed by atoms with Crippen LogP contribution in [0.1, 0.15) is 25.6 Å². The first-order chi connectivity index (χ1) is 8.60. The van der Waals surface area contributed by atoms with Gasteiger partial charge in [0.15, 0.2) is 0 Å². The molecule has 0 amide bonds. The van der Waals surface area contributed by atoms with Crippen molar-refractivity contribution in [1.82, 2.24) is 14.9 Å². The molecule has 4 nitrogen and oxygen atoms in total. The van der Waals surface area contributed by atoms with E-state index in [1.807, 2.05) is 13.0 Å². The van der Waals surface area contributed by atoms with E-state index in [0.717, 1.165) is 22.8 Å². The predicted molar refractivity (Wildman–Crippen MR) is 78.0 cm³/mol. The predicted octanol–water partition coefficient (Wildman–Crippen LogP) is 2.47. The van der Waals surface area contributed by atoms with Gasteiger partial charge >= 0.3 is 0 Å². The Kier molecular flexibility index (Phi) is 4.56. The third kappa shape index (κ3) is 3.20. The summed E-state index contributed by atoms with van der Waals surface area (Å²) in [6.07, 6.45) is 2.43. The number of hydrogen-bond donors (Lipinski definition) is 0. The molecule has 0 aliphatic carbocycles. The quantitative estimate of drug-likeness (QED) is 0.803. The van der Waals surface area contributed by atoms with Crippen molar-refractivity contribution < 1.29 is 0 Å². The summed E-state index contributed by atoms with van der Waals surface area (Å²) in [5, 5.41) is 0. The average Bonchev–Trinajstić information content (AvgIpc) is 2.37. The van der Waals surface area contributed by atoms with Crippen LogP contribution < -0.4 is 4.90 Å². The van der Waals surface area contributed by atoms with E-state index in [4.69, 9.17) is 0 Å². The lowest BCUT2D eigenvalue weighted by molar-refractivity contribution is 0.220. The van der Waals surface area contributed by atoms with Gasteiger partial charge in [0, 0.05) is 32.2 Å². The summed E-state index contributed by atoms with van der Waals surface area (Å²) >= 11 is 3.44. The van der Waals surface area contributed by atoms with Crippen LogP contribution in [0.3, 0.4) is 0 Å². The summed E-state index contributed by atoms with van der Waals surface area (Å²) in [6, 6.07) is 2.59. The van der Waals surface area contributed by atoms with Crippen molar-refractivity contribution in [3.8, 4) is 0 Å². The van der Waals surface area contributed by atoms with Crippen LogP contribution in [-0.2, 0) is 0 Å². The fourth-order valence-corrected chi connectivity index (χ4v) is 2.97. The molecule has 1 aliphatic heterocycles. The van der Waals surface area contributed by atoms with E-state index < -0.39 is 0 Å². The molecule has 0 spiro atoms. The van der Waals surface area contributed by atoms with E-state index in [1.54, 1.807) is 0 Å². The van der Waals surface area contributed by atoms with Crippen molar-refractivity contribution in [2.75, 3.05) is 31.6 Å². The van der Waals surface area contributed by atoms with Gasteiger partial charge in [0.05, 0.1) is 0 Å². The number of aryl methyl sites for hydroxylation is 1. The molecule has 18 heavy (non-hydrogen) atoms. The highest BCUT2D eigenvalue weighted by molar-refractivity contribution is 9.10. The second kappa shape index (κ2) is 5.97. The zero-order valence-corrected chi connectivity index (χ0v) is 12.9. The minimum absolute atomic E-state index is 0.592. The van der Waals surface area contributed by atoms with Crippen LogP contribution in [0.5, 0.6) is 0 Å². The molecule has 1 saturated heterocycles. The van der Waals surface area contributed by atoms with Gasteiger partial charge in [-0.1, -0.05) is 6.92 Å². The molecular formula is C13H21BrN4. The lowest BCUT2D eigenvalue weighted by Gasteiger charge is -2.36. The lowest BCUT2D eigenvalue weighted by Crippen LogP contribution is -2.43. The maximum Gasteiger partial charge on any atom is 0.133 e. The first-order valence-corrected chi connectivity index (χ1v) is 7.36.